The van der Waals surface area contributed by atoms with Crippen molar-refractivity contribution in [2.75, 3.05) is 42.5 Å². The van der Waals surface area contributed by atoms with Gasteiger partial charge in [0.15, 0.2) is 0 Å². The van der Waals surface area contributed by atoms with Gasteiger partial charge in [-0.25, -0.2) is 18.4 Å². The Labute approximate surface area is 192 Å². The van der Waals surface area contributed by atoms with Gasteiger partial charge in [0.2, 0.25) is 15.9 Å². The Morgan fingerprint density at radius 2 is 1.48 bits per heavy atom. The van der Waals surface area contributed by atoms with Gasteiger partial charge < -0.3 is 14.4 Å². The summed E-state index contributed by atoms with van der Waals surface area (Å²) in [4.78, 5) is 25.1. The van der Waals surface area contributed by atoms with E-state index in [1.807, 2.05) is 40.1 Å². The number of aryl methyl sites for hydroxylation is 1. The third-order valence-corrected chi connectivity index (χ3v) is 8.61. The number of nitrogens with zero attached hydrogens (tertiary/aromatic N) is 6. The van der Waals surface area contributed by atoms with Crippen LogP contribution in [0, 0.1) is 0 Å². The van der Waals surface area contributed by atoms with E-state index in [0.29, 0.717) is 56.9 Å². The highest BCUT2D eigenvalue weighted by Gasteiger charge is 2.35. The third kappa shape index (κ3) is 3.41. The van der Waals surface area contributed by atoms with E-state index in [1.54, 1.807) is 16.4 Å². The summed E-state index contributed by atoms with van der Waals surface area (Å²) in [6.45, 7) is 2.54. The van der Waals surface area contributed by atoms with Crippen LogP contribution in [0.2, 0.25) is 0 Å². The SMILES string of the molecule is O=C1CCc2cc(S(=O)(=O)N3CCN(c4cc(-n5cccc5)ncn4)CC3)cc3c2N1CC3. The molecule has 1 fully saturated rings. The van der Waals surface area contributed by atoms with Crippen LogP contribution in [0.4, 0.5) is 11.5 Å². The van der Waals surface area contributed by atoms with E-state index < -0.39 is 10.0 Å². The van der Waals surface area contributed by atoms with E-state index in [2.05, 4.69) is 14.9 Å². The molecule has 3 aliphatic rings. The molecule has 0 saturated carbocycles. The summed E-state index contributed by atoms with van der Waals surface area (Å²) in [7, 11) is -3.61. The topological polar surface area (TPSA) is 91.6 Å². The fraction of sp³-hybridized carbons (Fsp3) is 0.348. The van der Waals surface area contributed by atoms with E-state index >= 15 is 0 Å². The number of hydrogen-bond acceptors (Lipinski definition) is 6. The minimum atomic E-state index is -3.61. The Morgan fingerprint density at radius 1 is 0.788 bits per heavy atom. The standard InChI is InChI=1S/C23H24N6O3S/c30-22-4-3-17-13-19(14-18-5-8-29(22)23(17)18)33(31,32)28-11-9-27(10-12-28)21-15-20(24-16-25-21)26-6-1-2-7-26/h1-2,6-7,13-16H,3-5,8-12H2. The molecule has 10 heteroatoms. The van der Waals surface area contributed by atoms with E-state index in [-0.39, 0.29) is 5.91 Å². The van der Waals surface area contributed by atoms with Crippen LogP contribution >= 0.6 is 0 Å². The molecule has 0 bridgehead atoms. The number of hydrogen-bond donors (Lipinski definition) is 0. The van der Waals surface area contributed by atoms with Crippen molar-refractivity contribution in [2.45, 2.75) is 24.2 Å². The van der Waals surface area contributed by atoms with Crippen molar-refractivity contribution in [3.05, 3.63) is 60.2 Å². The lowest BCUT2D eigenvalue weighted by Crippen LogP contribution is -2.49. The molecule has 6 rings (SSSR count). The number of aromatic nitrogens is 3. The summed E-state index contributed by atoms with van der Waals surface area (Å²) in [6.07, 6.45) is 7.15. The highest BCUT2D eigenvalue weighted by atomic mass is 32.2. The number of piperazine rings is 1. The van der Waals surface area contributed by atoms with Crippen LogP contribution in [0.5, 0.6) is 0 Å². The number of carbonyl (C=O) groups is 1. The third-order valence-electron chi connectivity index (χ3n) is 6.73. The molecule has 1 saturated heterocycles. The lowest BCUT2D eigenvalue weighted by atomic mass is 10.00. The zero-order valence-electron chi connectivity index (χ0n) is 18.1. The second-order valence-corrected chi connectivity index (χ2v) is 10.5. The van der Waals surface area contributed by atoms with Crippen molar-refractivity contribution in [2.24, 2.45) is 0 Å². The molecule has 0 spiro atoms. The van der Waals surface area contributed by atoms with Crippen molar-refractivity contribution >= 4 is 27.4 Å². The smallest absolute Gasteiger partial charge is 0.243 e. The number of amides is 1. The van der Waals surface area contributed by atoms with Gasteiger partial charge in [-0.05, 0) is 48.2 Å². The van der Waals surface area contributed by atoms with Crippen LogP contribution in [-0.2, 0) is 27.7 Å². The average Bonchev–Trinajstić information content (AvgIpc) is 3.53. The first-order chi connectivity index (χ1) is 16.0. The molecule has 2 aromatic heterocycles. The lowest BCUT2D eigenvalue weighted by Gasteiger charge is -2.35. The van der Waals surface area contributed by atoms with E-state index in [1.165, 1.54) is 6.33 Å². The molecule has 0 atom stereocenters. The van der Waals surface area contributed by atoms with Gasteiger partial charge in [-0.1, -0.05) is 0 Å². The molecule has 3 aromatic rings. The summed E-state index contributed by atoms with van der Waals surface area (Å²) < 4.78 is 30.4. The largest absolute Gasteiger partial charge is 0.354 e. The van der Waals surface area contributed by atoms with E-state index in [9.17, 15) is 13.2 Å². The first kappa shape index (κ1) is 20.4. The minimum Gasteiger partial charge on any atom is -0.354 e. The predicted molar refractivity (Wildman–Crippen MR) is 123 cm³/mol. The predicted octanol–water partition coefficient (Wildman–Crippen LogP) is 1.61. The van der Waals surface area contributed by atoms with E-state index in [0.717, 1.165) is 28.5 Å². The fourth-order valence-electron chi connectivity index (χ4n) is 5.02. The Hall–Kier alpha value is -3.24. The minimum absolute atomic E-state index is 0.137. The van der Waals surface area contributed by atoms with Crippen molar-refractivity contribution in [1.82, 2.24) is 18.8 Å². The molecule has 3 aliphatic heterocycles. The maximum atomic E-state index is 13.5. The van der Waals surface area contributed by atoms with Crippen LogP contribution in [0.25, 0.3) is 5.82 Å². The molecule has 0 radical (unpaired) electrons. The number of sulfonamides is 1. The number of anilines is 2. The van der Waals surface area contributed by atoms with Crippen LogP contribution < -0.4 is 9.80 Å². The Kier molecular flexibility index (Phi) is 4.73. The Morgan fingerprint density at radius 3 is 2.24 bits per heavy atom. The quantitative estimate of drug-likeness (QED) is 0.583. The number of rotatable bonds is 4. The molecule has 1 aromatic carbocycles. The van der Waals surface area contributed by atoms with Crippen molar-refractivity contribution in [1.29, 1.82) is 0 Å². The van der Waals surface area contributed by atoms with Crippen molar-refractivity contribution in [3.63, 3.8) is 0 Å². The lowest BCUT2D eigenvalue weighted by molar-refractivity contribution is -0.118. The second-order valence-electron chi connectivity index (χ2n) is 8.60. The molecular weight excluding hydrogens is 440 g/mol. The summed E-state index contributed by atoms with van der Waals surface area (Å²) in [5.41, 5.74) is 2.88. The molecule has 0 aliphatic carbocycles. The molecule has 0 unspecified atom stereocenters. The van der Waals surface area contributed by atoms with Gasteiger partial charge in [0.25, 0.3) is 0 Å². The fourth-order valence-corrected chi connectivity index (χ4v) is 6.54. The summed E-state index contributed by atoms with van der Waals surface area (Å²) in [6, 6.07) is 9.34. The molecule has 170 valence electrons. The van der Waals surface area contributed by atoms with E-state index in [4.69, 9.17) is 0 Å². The maximum absolute atomic E-state index is 13.5. The molecule has 9 nitrogen and oxygen atoms in total. The van der Waals surface area contributed by atoms with Crippen LogP contribution in [-0.4, -0.2) is 65.9 Å². The summed E-state index contributed by atoms with van der Waals surface area (Å²) in [5, 5.41) is 0. The van der Waals surface area contributed by atoms with Crippen LogP contribution in [0.3, 0.4) is 0 Å². The monoisotopic (exact) mass is 464 g/mol. The highest BCUT2D eigenvalue weighted by molar-refractivity contribution is 7.89. The van der Waals surface area contributed by atoms with Crippen molar-refractivity contribution in [3.8, 4) is 5.82 Å². The van der Waals surface area contributed by atoms with Gasteiger partial charge in [0.1, 0.15) is 18.0 Å². The molecule has 1 amide bonds. The van der Waals surface area contributed by atoms with Gasteiger partial charge in [0.05, 0.1) is 10.6 Å². The second kappa shape index (κ2) is 7.67. The summed E-state index contributed by atoms with van der Waals surface area (Å²) >= 11 is 0. The maximum Gasteiger partial charge on any atom is 0.243 e. The molecule has 5 heterocycles. The summed E-state index contributed by atoms with van der Waals surface area (Å²) in [5.74, 6) is 1.70. The average molecular weight is 465 g/mol. The molecular formula is C23H24N6O3S. The highest BCUT2D eigenvalue weighted by Crippen LogP contribution is 2.39. The first-order valence-corrected chi connectivity index (χ1v) is 12.6. The van der Waals surface area contributed by atoms with Crippen LogP contribution in [0.15, 0.2) is 53.9 Å². The van der Waals surface area contributed by atoms with Gasteiger partial charge in [-0.3, -0.25) is 4.79 Å². The molecule has 33 heavy (non-hydrogen) atoms. The normalized spacial score (nSPS) is 18.6. The zero-order chi connectivity index (χ0) is 22.6. The van der Waals surface area contributed by atoms with Gasteiger partial charge in [-0.15, -0.1) is 0 Å². The molecule has 0 N–H and O–H groups in total. The number of carbonyl (C=O) groups excluding carboxylic acids is 1. The van der Waals surface area contributed by atoms with Crippen molar-refractivity contribution < 1.29 is 13.2 Å². The Bertz CT molecular complexity index is 1330. The Balaban J connectivity index is 1.21. The number of benzene rings is 1. The van der Waals surface area contributed by atoms with Gasteiger partial charge in [0, 0.05) is 57.6 Å². The van der Waals surface area contributed by atoms with Gasteiger partial charge in [-0.2, -0.15) is 4.31 Å². The van der Waals surface area contributed by atoms with Gasteiger partial charge >= 0.3 is 0 Å². The zero-order valence-corrected chi connectivity index (χ0v) is 18.9. The van der Waals surface area contributed by atoms with Crippen LogP contribution in [0.1, 0.15) is 17.5 Å². The first-order valence-electron chi connectivity index (χ1n) is 11.2.